The Labute approximate surface area is 165 Å². The van der Waals surface area contributed by atoms with Crippen molar-refractivity contribution in [1.82, 2.24) is 4.90 Å². The first kappa shape index (κ1) is 21.1. The minimum Gasteiger partial charge on any atom is -0.388 e. The Balaban J connectivity index is 0.00000261. The normalized spacial score (nSPS) is 15.5. The number of benzene rings is 2. The van der Waals surface area contributed by atoms with E-state index in [0.29, 0.717) is 6.42 Å². The number of nitro groups is 1. The number of aliphatic hydroxyl groups excluding tert-OH is 1. The van der Waals surface area contributed by atoms with Gasteiger partial charge in [0.2, 0.25) is 0 Å². The van der Waals surface area contributed by atoms with Crippen molar-refractivity contribution >= 4 is 18.1 Å². The standard InChI is InChI=1S/C21H24N2O3.ClH/c24-21(19-6-8-20(9-7-19)23(25)26)12-15-22-13-10-18(11-14-22)16-17-4-2-1-3-5-17;/h1-10,21,24H,11-16H2;1H. The number of nitrogens with zero attached hydrogens (tertiary/aromatic N) is 2. The van der Waals surface area contributed by atoms with Crippen LogP contribution in [0, 0.1) is 10.1 Å². The number of hydrogen-bond acceptors (Lipinski definition) is 4. The zero-order valence-corrected chi connectivity index (χ0v) is 16.0. The number of hydrogen-bond donors (Lipinski definition) is 1. The van der Waals surface area contributed by atoms with Crippen LogP contribution < -0.4 is 0 Å². The maximum absolute atomic E-state index is 10.7. The maximum Gasteiger partial charge on any atom is 0.269 e. The van der Waals surface area contributed by atoms with E-state index in [1.54, 1.807) is 12.1 Å². The van der Waals surface area contributed by atoms with Gasteiger partial charge < -0.3 is 5.11 Å². The molecular formula is C21H25ClN2O3. The summed E-state index contributed by atoms with van der Waals surface area (Å²) in [6.07, 6.45) is 4.40. The number of aliphatic hydroxyl groups is 1. The van der Waals surface area contributed by atoms with E-state index in [-0.39, 0.29) is 18.1 Å². The molecule has 0 fully saturated rings. The second-order valence-corrected chi connectivity index (χ2v) is 6.73. The number of non-ortho nitro benzene ring substituents is 1. The summed E-state index contributed by atoms with van der Waals surface area (Å²) in [6.45, 7) is 2.73. The fraction of sp³-hybridized carbons (Fsp3) is 0.333. The average Bonchev–Trinajstić information content (AvgIpc) is 2.68. The third kappa shape index (κ3) is 6.17. The monoisotopic (exact) mass is 388 g/mol. The smallest absolute Gasteiger partial charge is 0.269 e. The molecule has 0 saturated heterocycles. The molecule has 1 N–H and O–H groups in total. The molecule has 2 aromatic carbocycles. The molecule has 144 valence electrons. The fourth-order valence-corrected chi connectivity index (χ4v) is 3.26. The molecule has 1 unspecified atom stereocenters. The molecule has 0 saturated carbocycles. The van der Waals surface area contributed by atoms with Crippen LogP contribution in [0.5, 0.6) is 0 Å². The van der Waals surface area contributed by atoms with Gasteiger partial charge in [0.15, 0.2) is 0 Å². The lowest BCUT2D eigenvalue weighted by molar-refractivity contribution is -0.384. The van der Waals surface area contributed by atoms with E-state index < -0.39 is 11.0 Å². The van der Waals surface area contributed by atoms with Crippen molar-refractivity contribution in [1.29, 1.82) is 0 Å². The Morgan fingerprint density at radius 1 is 1.11 bits per heavy atom. The molecule has 27 heavy (non-hydrogen) atoms. The van der Waals surface area contributed by atoms with Gasteiger partial charge in [0.1, 0.15) is 0 Å². The van der Waals surface area contributed by atoms with Crippen LogP contribution in [0.25, 0.3) is 0 Å². The number of rotatable bonds is 7. The third-order valence-corrected chi connectivity index (χ3v) is 4.87. The van der Waals surface area contributed by atoms with Gasteiger partial charge in [-0.1, -0.05) is 42.0 Å². The Morgan fingerprint density at radius 3 is 2.41 bits per heavy atom. The first-order valence-electron chi connectivity index (χ1n) is 8.98. The van der Waals surface area contributed by atoms with Crippen LogP contribution in [0.4, 0.5) is 5.69 Å². The molecule has 1 atom stereocenters. The van der Waals surface area contributed by atoms with Crippen LogP contribution in [-0.2, 0) is 6.42 Å². The van der Waals surface area contributed by atoms with Gasteiger partial charge in [-0.3, -0.25) is 15.0 Å². The average molecular weight is 389 g/mol. The van der Waals surface area contributed by atoms with E-state index in [1.165, 1.54) is 23.3 Å². The van der Waals surface area contributed by atoms with E-state index in [2.05, 4.69) is 35.2 Å². The topological polar surface area (TPSA) is 66.6 Å². The minimum absolute atomic E-state index is 0. The molecule has 1 heterocycles. The molecule has 1 aliphatic rings. The summed E-state index contributed by atoms with van der Waals surface area (Å²) < 4.78 is 0. The summed E-state index contributed by atoms with van der Waals surface area (Å²) >= 11 is 0. The molecule has 0 radical (unpaired) electrons. The van der Waals surface area contributed by atoms with Crippen LogP contribution in [0.3, 0.4) is 0 Å². The maximum atomic E-state index is 10.7. The molecule has 2 aromatic rings. The van der Waals surface area contributed by atoms with Gasteiger partial charge >= 0.3 is 0 Å². The van der Waals surface area contributed by atoms with E-state index in [4.69, 9.17) is 0 Å². The van der Waals surface area contributed by atoms with Crippen LogP contribution in [-0.4, -0.2) is 34.6 Å². The largest absolute Gasteiger partial charge is 0.388 e. The highest BCUT2D eigenvalue weighted by atomic mass is 35.5. The molecule has 0 amide bonds. The van der Waals surface area contributed by atoms with Crippen molar-refractivity contribution in [2.45, 2.75) is 25.4 Å². The van der Waals surface area contributed by atoms with Gasteiger partial charge in [-0.05, 0) is 42.5 Å². The van der Waals surface area contributed by atoms with Gasteiger partial charge in [0.25, 0.3) is 5.69 Å². The predicted molar refractivity (Wildman–Crippen MR) is 109 cm³/mol. The summed E-state index contributed by atoms with van der Waals surface area (Å²) in [6, 6.07) is 16.7. The van der Waals surface area contributed by atoms with E-state index in [0.717, 1.165) is 38.0 Å². The van der Waals surface area contributed by atoms with E-state index in [9.17, 15) is 15.2 Å². The van der Waals surface area contributed by atoms with Crippen LogP contribution in [0.2, 0.25) is 0 Å². The summed E-state index contributed by atoms with van der Waals surface area (Å²) in [5.74, 6) is 0. The predicted octanol–water partition coefficient (Wildman–Crippen LogP) is 4.31. The first-order chi connectivity index (χ1) is 12.6. The van der Waals surface area contributed by atoms with Gasteiger partial charge in [-0.15, -0.1) is 12.4 Å². The molecular weight excluding hydrogens is 364 g/mol. The molecule has 1 aliphatic heterocycles. The van der Waals surface area contributed by atoms with E-state index in [1.807, 2.05) is 6.07 Å². The summed E-state index contributed by atoms with van der Waals surface area (Å²) in [5.41, 5.74) is 3.60. The fourth-order valence-electron chi connectivity index (χ4n) is 3.26. The number of halogens is 1. The van der Waals surface area contributed by atoms with Crippen LogP contribution in [0.15, 0.2) is 66.2 Å². The number of nitro benzene ring substituents is 1. The van der Waals surface area contributed by atoms with Gasteiger partial charge in [-0.2, -0.15) is 0 Å². The Kier molecular flexibility index (Phi) is 7.98. The van der Waals surface area contributed by atoms with Gasteiger partial charge in [0, 0.05) is 31.8 Å². The van der Waals surface area contributed by atoms with Gasteiger partial charge in [0.05, 0.1) is 11.0 Å². The zero-order chi connectivity index (χ0) is 18.4. The zero-order valence-electron chi connectivity index (χ0n) is 15.2. The lowest BCUT2D eigenvalue weighted by Gasteiger charge is -2.27. The highest BCUT2D eigenvalue weighted by Gasteiger charge is 2.15. The molecule has 3 rings (SSSR count). The van der Waals surface area contributed by atoms with Crippen LogP contribution in [0.1, 0.15) is 30.1 Å². The Morgan fingerprint density at radius 2 is 1.81 bits per heavy atom. The molecule has 0 aliphatic carbocycles. The lowest BCUT2D eigenvalue weighted by atomic mass is 9.99. The van der Waals surface area contributed by atoms with Crippen molar-refractivity contribution in [3.05, 3.63) is 87.5 Å². The molecule has 0 spiro atoms. The van der Waals surface area contributed by atoms with Crippen molar-refractivity contribution in [3.63, 3.8) is 0 Å². The molecule has 5 nitrogen and oxygen atoms in total. The molecule has 0 aromatic heterocycles. The second kappa shape index (κ2) is 10.2. The lowest BCUT2D eigenvalue weighted by Crippen LogP contribution is -2.30. The Hall–Kier alpha value is -2.21. The highest BCUT2D eigenvalue weighted by molar-refractivity contribution is 5.85. The van der Waals surface area contributed by atoms with Crippen molar-refractivity contribution < 1.29 is 10.0 Å². The summed E-state index contributed by atoms with van der Waals surface area (Å²) in [5, 5.41) is 21.0. The SMILES string of the molecule is Cl.O=[N+]([O-])c1ccc(C(O)CCN2CC=C(Cc3ccccc3)CC2)cc1. The third-order valence-electron chi connectivity index (χ3n) is 4.87. The van der Waals surface area contributed by atoms with E-state index >= 15 is 0 Å². The van der Waals surface area contributed by atoms with Crippen LogP contribution >= 0.6 is 12.4 Å². The summed E-state index contributed by atoms with van der Waals surface area (Å²) in [7, 11) is 0. The van der Waals surface area contributed by atoms with Crippen molar-refractivity contribution in [2.75, 3.05) is 19.6 Å². The first-order valence-corrected chi connectivity index (χ1v) is 8.98. The highest BCUT2D eigenvalue weighted by Crippen LogP contribution is 2.22. The Bertz CT molecular complexity index is 763. The van der Waals surface area contributed by atoms with Crippen molar-refractivity contribution in [3.8, 4) is 0 Å². The van der Waals surface area contributed by atoms with Crippen molar-refractivity contribution in [2.24, 2.45) is 0 Å². The second-order valence-electron chi connectivity index (χ2n) is 6.73. The minimum atomic E-state index is -0.592. The molecule has 0 bridgehead atoms. The summed E-state index contributed by atoms with van der Waals surface area (Å²) in [4.78, 5) is 12.6. The molecule has 6 heteroatoms. The van der Waals surface area contributed by atoms with Gasteiger partial charge in [-0.25, -0.2) is 0 Å². The quantitative estimate of drug-likeness (QED) is 0.436.